The van der Waals surface area contributed by atoms with E-state index in [-0.39, 0.29) is 6.04 Å². The molecule has 0 amide bonds. The van der Waals surface area contributed by atoms with Crippen LogP contribution in [0.15, 0.2) is 87.8 Å². The molecular weight excluding hydrogens is 423 g/mol. The Morgan fingerprint density at radius 2 is 1.62 bits per heavy atom. The van der Waals surface area contributed by atoms with Crippen molar-refractivity contribution in [2.75, 3.05) is 6.61 Å². The van der Waals surface area contributed by atoms with Gasteiger partial charge in [-0.25, -0.2) is 0 Å². The van der Waals surface area contributed by atoms with Crippen molar-refractivity contribution in [2.24, 2.45) is 14.9 Å². The monoisotopic (exact) mass is 450 g/mol. The third-order valence-electron chi connectivity index (χ3n) is 4.97. The molecule has 0 N–H and O–H groups in total. The summed E-state index contributed by atoms with van der Waals surface area (Å²) in [5, 5.41) is 0. The van der Waals surface area contributed by atoms with Crippen LogP contribution in [0, 0.1) is 12.8 Å². The number of nitrogens with zero attached hydrogens (tertiary/aromatic N) is 2. The zero-order chi connectivity index (χ0) is 20.2. The molecule has 0 saturated carbocycles. The van der Waals surface area contributed by atoms with E-state index in [2.05, 4.69) is 99.6 Å². The molecule has 3 nitrogen and oxygen atoms in total. The van der Waals surface area contributed by atoms with Gasteiger partial charge in [-0.05, 0) is 0 Å². The number of rotatable bonds is 5. The minimum atomic E-state index is -1.69. The number of aryl methyl sites for hydroxylation is 1. The Labute approximate surface area is 177 Å². The van der Waals surface area contributed by atoms with E-state index in [0.717, 1.165) is 17.1 Å². The number of hydrogen-bond donors (Lipinski definition) is 0. The third-order valence-corrected chi connectivity index (χ3v) is 8.92. The van der Waals surface area contributed by atoms with Gasteiger partial charge in [-0.1, -0.05) is 0 Å². The van der Waals surface area contributed by atoms with Crippen LogP contribution in [0.5, 0.6) is 0 Å². The van der Waals surface area contributed by atoms with E-state index in [1.54, 1.807) is 0 Å². The van der Waals surface area contributed by atoms with E-state index in [9.17, 15) is 0 Å². The predicted molar refractivity (Wildman–Crippen MR) is 122 cm³/mol. The van der Waals surface area contributed by atoms with Gasteiger partial charge in [0.05, 0.1) is 0 Å². The second kappa shape index (κ2) is 8.85. The quantitative estimate of drug-likeness (QED) is 0.528. The number of ether oxygens (including phenoxy) is 1. The number of aliphatic imine (C=N–C) groups is 1. The van der Waals surface area contributed by atoms with E-state index in [1.807, 2.05) is 0 Å². The third kappa shape index (κ3) is 4.55. The topological polar surface area (TPSA) is 34.0 Å². The summed E-state index contributed by atoms with van der Waals surface area (Å²) in [6.45, 7) is 7.15. The van der Waals surface area contributed by atoms with E-state index in [1.165, 1.54) is 14.5 Å². The molecule has 0 aromatic heterocycles. The Morgan fingerprint density at radius 3 is 2.31 bits per heavy atom. The van der Waals surface area contributed by atoms with Crippen molar-refractivity contribution in [3.8, 4) is 0 Å². The maximum absolute atomic E-state index is 6.03. The molecule has 29 heavy (non-hydrogen) atoms. The first-order valence-corrected chi connectivity index (χ1v) is 12.5. The molecule has 0 spiro atoms. The van der Waals surface area contributed by atoms with Gasteiger partial charge < -0.3 is 0 Å². The fourth-order valence-corrected chi connectivity index (χ4v) is 6.91. The summed E-state index contributed by atoms with van der Waals surface area (Å²) in [5.41, 5.74) is 3.35. The van der Waals surface area contributed by atoms with Gasteiger partial charge in [0.25, 0.3) is 0 Å². The summed E-state index contributed by atoms with van der Waals surface area (Å²) in [6, 6.07) is 27.8. The Balaban J connectivity index is 1.84. The second-order valence-corrected chi connectivity index (χ2v) is 11.1. The van der Waals surface area contributed by atoms with Crippen LogP contribution in [0.2, 0.25) is 0 Å². The van der Waals surface area contributed by atoms with Crippen molar-refractivity contribution in [2.45, 2.75) is 26.8 Å². The summed E-state index contributed by atoms with van der Waals surface area (Å²) < 4.78 is 13.8. The standard InChI is InChI=1S/C25H26N2OSe/c1-18(2)23-17-28-25(26-23)22-11-7-8-12-24(22)29(21-9-5-4-6-10-21)27-20-15-13-19(3)14-16-20/h4-16,18,23H,17H2,1-3H3/t23-,29?/m1/s1. The Bertz CT molecular complexity index is 1040. The molecule has 1 unspecified atom stereocenters. The molecule has 148 valence electrons. The van der Waals surface area contributed by atoms with E-state index in [0.29, 0.717) is 12.5 Å². The maximum atomic E-state index is 6.03. The van der Waals surface area contributed by atoms with Gasteiger partial charge in [0.15, 0.2) is 0 Å². The molecule has 1 aliphatic heterocycles. The van der Waals surface area contributed by atoms with Gasteiger partial charge in [-0.3, -0.25) is 0 Å². The zero-order valence-corrected chi connectivity index (χ0v) is 18.8. The van der Waals surface area contributed by atoms with Gasteiger partial charge in [-0.15, -0.1) is 0 Å². The molecule has 4 heteroatoms. The summed E-state index contributed by atoms with van der Waals surface area (Å²) in [6.07, 6.45) is 0. The molecular formula is C25H26N2OSe. The fraction of sp³-hybridized carbons (Fsp3) is 0.240. The average molecular weight is 449 g/mol. The van der Waals surface area contributed by atoms with Crippen molar-refractivity contribution in [3.63, 3.8) is 0 Å². The first kappa shape index (κ1) is 19.8. The number of benzene rings is 3. The molecule has 3 aromatic carbocycles. The zero-order valence-electron chi connectivity index (χ0n) is 17.1. The van der Waals surface area contributed by atoms with Gasteiger partial charge in [0, 0.05) is 0 Å². The van der Waals surface area contributed by atoms with Gasteiger partial charge in [-0.2, -0.15) is 0 Å². The molecule has 0 saturated heterocycles. The first-order valence-electron chi connectivity index (χ1n) is 9.99. The van der Waals surface area contributed by atoms with E-state index < -0.39 is 13.7 Å². The molecule has 0 bridgehead atoms. The van der Waals surface area contributed by atoms with E-state index in [4.69, 9.17) is 13.7 Å². The van der Waals surface area contributed by atoms with Crippen molar-refractivity contribution < 1.29 is 4.74 Å². The fourth-order valence-electron chi connectivity index (χ4n) is 3.18. The Morgan fingerprint density at radius 1 is 0.931 bits per heavy atom. The van der Waals surface area contributed by atoms with Gasteiger partial charge >= 0.3 is 177 Å². The number of hydrogen-bond acceptors (Lipinski definition) is 3. The van der Waals surface area contributed by atoms with Crippen molar-refractivity contribution in [1.82, 2.24) is 0 Å². The first-order chi connectivity index (χ1) is 14.1. The van der Waals surface area contributed by atoms with Crippen LogP contribution in [0.25, 0.3) is 0 Å². The van der Waals surface area contributed by atoms with Crippen molar-refractivity contribution in [3.05, 3.63) is 90.0 Å². The van der Waals surface area contributed by atoms with Crippen LogP contribution in [0.4, 0.5) is 5.69 Å². The van der Waals surface area contributed by atoms with Crippen LogP contribution in [-0.2, 0) is 4.74 Å². The molecule has 1 heterocycles. The van der Waals surface area contributed by atoms with E-state index >= 15 is 0 Å². The molecule has 4 rings (SSSR count). The summed E-state index contributed by atoms with van der Waals surface area (Å²) in [5.74, 6) is 1.24. The summed E-state index contributed by atoms with van der Waals surface area (Å²) in [4.78, 5) is 4.89. The van der Waals surface area contributed by atoms with Crippen LogP contribution in [0.3, 0.4) is 0 Å². The van der Waals surface area contributed by atoms with Gasteiger partial charge in [0.2, 0.25) is 0 Å². The second-order valence-electron chi connectivity index (χ2n) is 7.58. The molecule has 0 fully saturated rings. The van der Waals surface area contributed by atoms with Crippen LogP contribution < -0.4 is 8.92 Å². The van der Waals surface area contributed by atoms with Crippen molar-refractivity contribution >= 4 is 34.2 Å². The normalized spacial score (nSPS) is 17.2. The van der Waals surface area contributed by atoms with Crippen molar-refractivity contribution in [1.29, 1.82) is 0 Å². The van der Waals surface area contributed by atoms with Crippen LogP contribution in [-0.4, -0.2) is 32.3 Å². The molecule has 1 aliphatic rings. The summed E-state index contributed by atoms with van der Waals surface area (Å²) >= 11 is -1.69. The Hall–Kier alpha value is -2.55. The Kier molecular flexibility index (Phi) is 6.03. The van der Waals surface area contributed by atoms with Crippen LogP contribution >= 0.6 is 0 Å². The molecule has 3 aromatic rings. The average Bonchev–Trinajstić information content (AvgIpc) is 3.25. The molecule has 0 radical (unpaired) electrons. The van der Waals surface area contributed by atoms with Crippen LogP contribution in [0.1, 0.15) is 25.0 Å². The molecule has 2 atom stereocenters. The predicted octanol–water partition coefficient (Wildman–Crippen LogP) is 4.50. The SMILES string of the molecule is Cc1ccc(N=[Se](c2ccccc2)c2ccccc2C2=N[C@@H](C(C)C)CO2)cc1. The summed E-state index contributed by atoms with van der Waals surface area (Å²) in [7, 11) is 0. The minimum absolute atomic E-state index is 0.224. The molecule has 0 aliphatic carbocycles. The van der Waals surface area contributed by atoms with Gasteiger partial charge in [0.1, 0.15) is 0 Å².